The molecular formula is C15H22N2O. The van der Waals surface area contributed by atoms with E-state index in [-0.39, 0.29) is 11.4 Å². The molecule has 2 N–H and O–H groups in total. The molecule has 18 heavy (non-hydrogen) atoms. The Morgan fingerprint density at radius 3 is 2.72 bits per heavy atom. The van der Waals surface area contributed by atoms with Crippen molar-refractivity contribution >= 4 is 5.91 Å². The smallest absolute Gasteiger partial charge is 0.234 e. The van der Waals surface area contributed by atoms with Gasteiger partial charge >= 0.3 is 0 Å². The van der Waals surface area contributed by atoms with Gasteiger partial charge in [0.15, 0.2) is 0 Å². The highest BCUT2D eigenvalue weighted by Gasteiger charge is 2.24. The van der Waals surface area contributed by atoms with Crippen LogP contribution in [0.3, 0.4) is 0 Å². The Bertz CT molecular complexity index is 434. The molecule has 0 saturated carbocycles. The zero-order chi connectivity index (χ0) is 13.2. The van der Waals surface area contributed by atoms with Crippen molar-refractivity contribution in [1.29, 1.82) is 0 Å². The lowest BCUT2D eigenvalue weighted by Crippen LogP contribution is -2.45. The van der Waals surface area contributed by atoms with E-state index in [1.807, 2.05) is 20.8 Å². The monoisotopic (exact) mass is 246 g/mol. The topological polar surface area (TPSA) is 41.1 Å². The Labute approximate surface area is 109 Å². The predicted octanol–water partition coefficient (Wildman–Crippen LogP) is 1.83. The van der Waals surface area contributed by atoms with E-state index < -0.39 is 0 Å². The Morgan fingerprint density at radius 1 is 1.33 bits per heavy atom. The summed E-state index contributed by atoms with van der Waals surface area (Å²) in [5, 5.41) is 6.19. The van der Waals surface area contributed by atoms with Crippen LogP contribution in [0.5, 0.6) is 0 Å². The van der Waals surface area contributed by atoms with Crippen molar-refractivity contribution in [2.24, 2.45) is 0 Å². The fraction of sp³-hybridized carbons (Fsp3) is 0.533. The molecule has 1 amide bonds. The van der Waals surface area contributed by atoms with Crippen LogP contribution in [-0.2, 0) is 11.2 Å². The van der Waals surface area contributed by atoms with Gasteiger partial charge in [-0.05, 0) is 38.3 Å². The van der Waals surface area contributed by atoms with Crippen LogP contribution in [0.1, 0.15) is 37.8 Å². The van der Waals surface area contributed by atoms with Crippen LogP contribution in [0.2, 0.25) is 0 Å². The van der Waals surface area contributed by atoms with E-state index in [2.05, 4.69) is 34.9 Å². The summed E-state index contributed by atoms with van der Waals surface area (Å²) in [6.45, 7) is 7.26. The second kappa shape index (κ2) is 5.11. The third-order valence-electron chi connectivity index (χ3n) is 3.15. The minimum absolute atomic E-state index is 0.0649. The van der Waals surface area contributed by atoms with Crippen molar-refractivity contribution in [2.45, 2.75) is 38.6 Å². The molecule has 0 fully saturated rings. The molecule has 2 rings (SSSR count). The predicted molar refractivity (Wildman–Crippen MR) is 73.7 cm³/mol. The van der Waals surface area contributed by atoms with Gasteiger partial charge in [-0.3, -0.25) is 4.79 Å². The van der Waals surface area contributed by atoms with Gasteiger partial charge in [0.1, 0.15) is 0 Å². The molecule has 0 bridgehead atoms. The first-order chi connectivity index (χ1) is 8.46. The van der Waals surface area contributed by atoms with Crippen molar-refractivity contribution in [3.63, 3.8) is 0 Å². The highest BCUT2D eigenvalue weighted by molar-refractivity contribution is 5.78. The Kier molecular flexibility index (Phi) is 3.71. The summed E-state index contributed by atoms with van der Waals surface area (Å²) in [4.78, 5) is 11.6. The standard InChI is InChI=1S/C15H22N2O/c1-15(2,3)17-14(18)10-16-9-12-8-11-6-4-5-7-13(11)12/h4-7,12,16H,8-10H2,1-3H3,(H,17,18). The molecule has 0 aliphatic heterocycles. The van der Waals surface area contributed by atoms with Gasteiger partial charge in [0.25, 0.3) is 0 Å². The lowest BCUT2D eigenvalue weighted by molar-refractivity contribution is -0.121. The van der Waals surface area contributed by atoms with E-state index in [1.165, 1.54) is 11.1 Å². The van der Waals surface area contributed by atoms with Crippen LogP contribution < -0.4 is 10.6 Å². The van der Waals surface area contributed by atoms with E-state index in [1.54, 1.807) is 0 Å². The highest BCUT2D eigenvalue weighted by Crippen LogP contribution is 2.33. The first kappa shape index (κ1) is 13.1. The van der Waals surface area contributed by atoms with Crippen LogP contribution in [0, 0.1) is 0 Å². The van der Waals surface area contributed by atoms with E-state index in [0.29, 0.717) is 12.5 Å². The maximum atomic E-state index is 11.6. The first-order valence-electron chi connectivity index (χ1n) is 6.55. The van der Waals surface area contributed by atoms with Gasteiger partial charge in [0.05, 0.1) is 6.54 Å². The molecule has 0 spiro atoms. The molecule has 1 aromatic rings. The minimum atomic E-state index is -0.151. The third kappa shape index (κ3) is 3.33. The molecular weight excluding hydrogens is 224 g/mol. The molecule has 98 valence electrons. The number of nitrogens with one attached hydrogen (secondary N) is 2. The van der Waals surface area contributed by atoms with Crippen LogP contribution in [0.25, 0.3) is 0 Å². The van der Waals surface area contributed by atoms with Gasteiger partial charge in [0.2, 0.25) is 5.91 Å². The van der Waals surface area contributed by atoms with Crippen LogP contribution in [-0.4, -0.2) is 24.5 Å². The SMILES string of the molecule is CC(C)(C)NC(=O)CNCC1Cc2ccccc21. The van der Waals surface area contributed by atoms with Gasteiger partial charge in [-0.15, -0.1) is 0 Å². The molecule has 0 saturated heterocycles. The summed E-state index contributed by atoms with van der Waals surface area (Å²) < 4.78 is 0. The summed E-state index contributed by atoms with van der Waals surface area (Å²) in [6, 6.07) is 8.52. The Hall–Kier alpha value is -1.35. The average Bonchev–Trinajstić information content (AvgIpc) is 2.22. The van der Waals surface area contributed by atoms with Crippen LogP contribution >= 0.6 is 0 Å². The number of amides is 1. The van der Waals surface area contributed by atoms with E-state index in [4.69, 9.17) is 0 Å². The molecule has 1 aliphatic rings. The summed E-state index contributed by atoms with van der Waals surface area (Å²) >= 11 is 0. The van der Waals surface area contributed by atoms with Gasteiger partial charge in [-0.1, -0.05) is 24.3 Å². The number of carbonyl (C=O) groups excluding carboxylic acids is 1. The summed E-state index contributed by atoms with van der Waals surface area (Å²) in [5.41, 5.74) is 2.73. The highest BCUT2D eigenvalue weighted by atomic mass is 16.2. The van der Waals surface area contributed by atoms with Crippen molar-refractivity contribution in [2.75, 3.05) is 13.1 Å². The van der Waals surface area contributed by atoms with Gasteiger partial charge in [-0.2, -0.15) is 0 Å². The lowest BCUT2D eigenvalue weighted by Gasteiger charge is -2.30. The molecule has 1 aliphatic carbocycles. The maximum Gasteiger partial charge on any atom is 0.234 e. The number of hydrogen-bond donors (Lipinski definition) is 2. The van der Waals surface area contributed by atoms with Crippen LogP contribution in [0.4, 0.5) is 0 Å². The lowest BCUT2D eigenvalue weighted by atomic mass is 9.77. The number of benzene rings is 1. The van der Waals surface area contributed by atoms with Gasteiger partial charge in [-0.25, -0.2) is 0 Å². The normalized spacial score (nSPS) is 17.8. The van der Waals surface area contributed by atoms with Crippen molar-refractivity contribution < 1.29 is 4.79 Å². The number of fused-ring (bicyclic) bond motifs is 1. The van der Waals surface area contributed by atoms with Gasteiger partial charge in [0, 0.05) is 18.0 Å². The van der Waals surface area contributed by atoms with E-state index in [9.17, 15) is 4.79 Å². The van der Waals surface area contributed by atoms with Crippen molar-refractivity contribution in [3.8, 4) is 0 Å². The Balaban J connectivity index is 1.70. The quantitative estimate of drug-likeness (QED) is 0.851. The number of rotatable bonds is 4. The zero-order valence-electron chi connectivity index (χ0n) is 11.4. The summed E-state index contributed by atoms with van der Waals surface area (Å²) in [7, 11) is 0. The van der Waals surface area contributed by atoms with Crippen LogP contribution in [0.15, 0.2) is 24.3 Å². The average molecular weight is 246 g/mol. The maximum absolute atomic E-state index is 11.6. The molecule has 1 atom stereocenters. The molecule has 1 aromatic carbocycles. The molecule has 0 heterocycles. The minimum Gasteiger partial charge on any atom is -0.350 e. The summed E-state index contributed by atoms with van der Waals surface area (Å²) in [5.74, 6) is 0.638. The van der Waals surface area contributed by atoms with Crippen molar-refractivity contribution in [1.82, 2.24) is 10.6 Å². The molecule has 3 heteroatoms. The number of carbonyl (C=O) groups is 1. The second-order valence-corrected chi connectivity index (χ2v) is 6.03. The third-order valence-corrected chi connectivity index (χ3v) is 3.15. The number of hydrogen-bond acceptors (Lipinski definition) is 2. The molecule has 1 unspecified atom stereocenters. The van der Waals surface area contributed by atoms with Crippen molar-refractivity contribution in [3.05, 3.63) is 35.4 Å². The largest absolute Gasteiger partial charge is 0.350 e. The summed E-state index contributed by atoms with van der Waals surface area (Å²) in [6.07, 6.45) is 1.13. The fourth-order valence-electron chi connectivity index (χ4n) is 2.37. The zero-order valence-corrected chi connectivity index (χ0v) is 11.4. The van der Waals surface area contributed by atoms with Gasteiger partial charge < -0.3 is 10.6 Å². The molecule has 0 radical (unpaired) electrons. The molecule has 0 aromatic heterocycles. The molecule has 3 nitrogen and oxygen atoms in total. The first-order valence-corrected chi connectivity index (χ1v) is 6.55. The fourth-order valence-corrected chi connectivity index (χ4v) is 2.37. The van der Waals surface area contributed by atoms with E-state index in [0.717, 1.165) is 13.0 Å². The second-order valence-electron chi connectivity index (χ2n) is 6.03. The Morgan fingerprint density at radius 2 is 2.06 bits per heavy atom. The van der Waals surface area contributed by atoms with E-state index >= 15 is 0 Å².